The molecule has 1 saturated carbocycles. The van der Waals surface area contributed by atoms with Crippen LogP contribution in [0.25, 0.3) is 0 Å². The van der Waals surface area contributed by atoms with Crippen molar-refractivity contribution in [1.82, 2.24) is 25.1 Å². The summed E-state index contributed by atoms with van der Waals surface area (Å²) in [5.41, 5.74) is 0.458. The first-order valence-corrected chi connectivity index (χ1v) is 11.8. The minimum Gasteiger partial charge on any atom is -0.337 e. The molecule has 36 heavy (non-hydrogen) atoms. The number of anilines is 1. The SMILES string of the molecule is Cl.O=C1NC(=O)N(Cc2ccc(F)c(C(=O)N3CCN(c4ncccn4)CC3)c2)C2CCCC(F)C12. The molecule has 4 amide bonds. The second kappa shape index (κ2) is 10.7. The number of hydrogen-bond acceptors (Lipinski definition) is 6. The highest BCUT2D eigenvalue weighted by Gasteiger charge is 2.47. The van der Waals surface area contributed by atoms with Crippen LogP contribution in [0.15, 0.2) is 36.7 Å². The van der Waals surface area contributed by atoms with Gasteiger partial charge >= 0.3 is 6.03 Å². The summed E-state index contributed by atoms with van der Waals surface area (Å²) in [6, 6.07) is 4.73. The topological polar surface area (TPSA) is 98.7 Å². The molecule has 1 N–H and O–H groups in total. The Labute approximate surface area is 213 Å². The third kappa shape index (κ3) is 4.97. The minimum absolute atomic E-state index is 0. The van der Waals surface area contributed by atoms with E-state index in [0.717, 1.165) is 0 Å². The highest BCUT2D eigenvalue weighted by Crippen LogP contribution is 2.34. The number of urea groups is 1. The van der Waals surface area contributed by atoms with Crippen LogP contribution in [0.1, 0.15) is 35.2 Å². The molecule has 3 fully saturated rings. The van der Waals surface area contributed by atoms with Gasteiger partial charge in [0.15, 0.2) is 0 Å². The third-order valence-corrected chi connectivity index (χ3v) is 6.99. The predicted molar refractivity (Wildman–Crippen MR) is 129 cm³/mol. The van der Waals surface area contributed by atoms with E-state index in [9.17, 15) is 23.2 Å². The standard InChI is InChI=1S/C24H26F2N6O3.ClH/c25-17-6-5-15(14-32-19-4-1-3-18(26)20(19)21(33)29-24(32)35)13-16(17)22(34)30-9-11-31(12-10-30)23-27-7-2-8-28-23;/h2,5-8,13,18-20H,1,3-4,9-12,14H2,(H,29,33,35);1H. The Hall–Kier alpha value is -3.34. The first-order chi connectivity index (χ1) is 16.9. The second-order valence-electron chi connectivity index (χ2n) is 9.10. The summed E-state index contributed by atoms with van der Waals surface area (Å²) in [6.07, 6.45) is 3.38. The molecular weight excluding hydrogens is 494 g/mol. The molecule has 1 aromatic heterocycles. The lowest BCUT2D eigenvalue weighted by Gasteiger charge is -2.44. The van der Waals surface area contributed by atoms with Gasteiger partial charge < -0.3 is 14.7 Å². The fourth-order valence-electron chi connectivity index (χ4n) is 5.18. The molecule has 2 aliphatic heterocycles. The van der Waals surface area contributed by atoms with E-state index < -0.39 is 41.8 Å². The van der Waals surface area contributed by atoms with E-state index in [4.69, 9.17) is 0 Å². The Morgan fingerprint density at radius 2 is 1.81 bits per heavy atom. The number of benzene rings is 1. The number of alkyl halides is 1. The second-order valence-corrected chi connectivity index (χ2v) is 9.10. The van der Waals surface area contributed by atoms with Crippen molar-refractivity contribution < 1.29 is 23.2 Å². The fourth-order valence-corrected chi connectivity index (χ4v) is 5.18. The van der Waals surface area contributed by atoms with E-state index in [-0.39, 0.29) is 30.9 Å². The molecule has 12 heteroatoms. The van der Waals surface area contributed by atoms with Crippen LogP contribution in [0.4, 0.5) is 19.5 Å². The fraction of sp³-hybridized carbons (Fsp3) is 0.458. The van der Waals surface area contributed by atoms with E-state index in [0.29, 0.717) is 50.5 Å². The Morgan fingerprint density at radius 1 is 1.08 bits per heavy atom. The maximum atomic E-state index is 14.7. The van der Waals surface area contributed by atoms with Gasteiger partial charge in [-0.25, -0.2) is 23.5 Å². The summed E-state index contributed by atoms with van der Waals surface area (Å²) in [7, 11) is 0. The number of amides is 4. The normalized spacial score (nSPS) is 24.1. The maximum absolute atomic E-state index is 14.7. The number of hydrogen-bond donors (Lipinski definition) is 1. The maximum Gasteiger partial charge on any atom is 0.324 e. The van der Waals surface area contributed by atoms with Gasteiger partial charge in [-0.3, -0.25) is 14.9 Å². The quantitative estimate of drug-likeness (QED) is 0.665. The van der Waals surface area contributed by atoms with Crippen molar-refractivity contribution in [2.75, 3.05) is 31.1 Å². The summed E-state index contributed by atoms with van der Waals surface area (Å²) in [6.45, 7) is 1.86. The molecule has 2 saturated heterocycles. The highest BCUT2D eigenvalue weighted by molar-refractivity contribution is 5.99. The Balaban J connectivity index is 0.00000304. The van der Waals surface area contributed by atoms with Gasteiger partial charge in [0.05, 0.1) is 11.5 Å². The number of halogens is 3. The predicted octanol–water partition coefficient (Wildman–Crippen LogP) is 2.56. The first-order valence-electron chi connectivity index (χ1n) is 11.8. The average Bonchev–Trinajstić information content (AvgIpc) is 2.87. The molecular formula is C24H27ClF2N6O3. The molecule has 3 atom stereocenters. The molecule has 3 heterocycles. The first kappa shape index (κ1) is 25.7. The molecule has 0 radical (unpaired) electrons. The number of fused-ring (bicyclic) bond motifs is 1. The van der Waals surface area contributed by atoms with Gasteiger partial charge in [-0.15, -0.1) is 12.4 Å². The monoisotopic (exact) mass is 520 g/mol. The molecule has 2 aromatic rings. The zero-order chi connectivity index (χ0) is 24.5. The van der Waals surface area contributed by atoms with E-state index >= 15 is 0 Å². The largest absolute Gasteiger partial charge is 0.337 e. The number of nitrogens with one attached hydrogen (secondary N) is 1. The molecule has 9 nitrogen and oxygen atoms in total. The zero-order valence-corrected chi connectivity index (χ0v) is 20.3. The average molecular weight is 521 g/mol. The van der Waals surface area contributed by atoms with Gasteiger partial charge in [0.2, 0.25) is 11.9 Å². The van der Waals surface area contributed by atoms with Gasteiger partial charge in [0.25, 0.3) is 5.91 Å². The van der Waals surface area contributed by atoms with Crippen molar-refractivity contribution in [2.45, 2.75) is 38.0 Å². The minimum atomic E-state index is -1.31. The molecule has 1 aliphatic carbocycles. The molecule has 1 aromatic carbocycles. The number of carbonyl (C=O) groups excluding carboxylic acids is 3. The van der Waals surface area contributed by atoms with Crippen molar-refractivity contribution in [3.05, 3.63) is 53.6 Å². The number of rotatable bonds is 4. The van der Waals surface area contributed by atoms with Crippen molar-refractivity contribution in [1.29, 1.82) is 0 Å². The summed E-state index contributed by atoms with van der Waals surface area (Å²) in [5.74, 6) is -1.99. The lowest BCUT2D eigenvalue weighted by molar-refractivity contribution is -0.133. The lowest BCUT2D eigenvalue weighted by atomic mass is 9.80. The van der Waals surface area contributed by atoms with E-state index in [1.807, 2.05) is 4.90 Å². The highest BCUT2D eigenvalue weighted by atomic mass is 35.5. The van der Waals surface area contributed by atoms with E-state index in [2.05, 4.69) is 15.3 Å². The van der Waals surface area contributed by atoms with Crippen molar-refractivity contribution in [2.24, 2.45) is 5.92 Å². The van der Waals surface area contributed by atoms with Gasteiger partial charge in [-0.1, -0.05) is 6.07 Å². The number of piperazine rings is 1. The molecule has 5 rings (SSSR count). The van der Waals surface area contributed by atoms with Crippen LogP contribution in [-0.4, -0.2) is 76.0 Å². The third-order valence-electron chi connectivity index (χ3n) is 6.99. The summed E-state index contributed by atoms with van der Waals surface area (Å²) in [4.78, 5) is 51.3. The van der Waals surface area contributed by atoms with Gasteiger partial charge in [0, 0.05) is 51.2 Å². The van der Waals surface area contributed by atoms with Gasteiger partial charge in [0.1, 0.15) is 12.0 Å². The van der Waals surface area contributed by atoms with Crippen LogP contribution in [0.2, 0.25) is 0 Å². The smallest absolute Gasteiger partial charge is 0.324 e. The van der Waals surface area contributed by atoms with Crippen molar-refractivity contribution >= 4 is 36.2 Å². The van der Waals surface area contributed by atoms with Gasteiger partial charge in [-0.2, -0.15) is 0 Å². The number of imide groups is 1. The number of aromatic nitrogens is 2. The summed E-state index contributed by atoms with van der Waals surface area (Å²) < 4.78 is 29.1. The number of nitrogens with zero attached hydrogens (tertiary/aromatic N) is 5. The van der Waals surface area contributed by atoms with Crippen molar-refractivity contribution in [3.63, 3.8) is 0 Å². The van der Waals surface area contributed by atoms with Crippen LogP contribution in [0.3, 0.4) is 0 Å². The Kier molecular flexibility index (Phi) is 7.67. The van der Waals surface area contributed by atoms with Crippen molar-refractivity contribution in [3.8, 4) is 0 Å². The van der Waals surface area contributed by atoms with Gasteiger partial charge in [-0.05, 0) is 43.0 Å². The molecule has 3 aliphatic rings. The molecule has 192 valence electrons. The Bertz CT molecular complexity index is 1130. The Morgan fingerprint density at radius 3 is 2.53 bits per heavy atom. The lowest BCUT2D eigenvalue weighted by Crippen LogP contribution is -2.63. The van der Waals surface area contributed by atoms with Crippen LogP contribution in [0.5, 0.6) is 0 Å². The van der Waals surface area contributed by atoms with E-state index in [1.165, 1.54) is 23.1 Å². The zero-order valence-electron chi connectivity index (χ0n) is 19.5. The summed E-state index contributed by atoms with van der Waals surface area (Å²) in [5, 5.41) is 2.24. The van der Waals surface area contributed by atoms with Crippen LogP contribution < -0.4 is 10.2 Å². The van der Waals surface area contributed by atoms with Crippen LogP contribution >= 0.6 is 12.4 Å². The molecule has 3 unspecified atom stereocenters. The van der Waals surface area contributed by atoms with Crippen LogP contribution in [0, 0.1) is 11.7 Å². The number of carbonyl (C=O) groups is 3. The van der Waals surface area contributed by atoms with Crippen LogP contribution in [-0.2, 0) is 11.3 Å². The van der Waals surface area contributed by atoms with E-state index in [1.54, 1.807) is 23.4 Å². The molecule has 0 bridgehead atoms. The molecule has 0 spiro atoms. The summed E-state index contributed by atoms with van der Waals surface area (Å²) >= 11 is 0.